The maximum absolute atomic E-state index is 13.6. The quantitative estimate of drug-likeness (QED) is 0.156. The van der Waals surface area contributed by atoms with Gasteiger partial charge in [-0.1, -0.05) is 0 Å². The summed E-state index contributed by atoms with van der Waals surface area (Å²) in [7, 11) is -16.9. The lowest BCUT2D eigenvalue weighted by atomic mass is 9.95. The first kappa shape index (κ1) is 26.6. The van der Waals surface area contributed by atoms with E-state index in [2.05, 4.69) is 18.1 Å². The molecule has 0 amide bonds. The Bertz CT molecular complexity index is 1020. The van der Waals surface area contributed by atoms with Crippen molar-refractivity contribution in [3.05, 3.63) is 17.0 Å². The number of alkyl halides is 1. The molecular formula is C10H17FN3O13P3S. The number of aliphatic hydroxyl groups excluding tert-OH is 1. The number of phosphoric acid groups is 3. The molecule has 31 heavy (non-hydrogen) atoms. The number of rotatable bonds is 9. The molecule has 2 heterocycles. The predicted molar refractivity (Wildman–Crippen MR) is 98.1 cm³/mol. The lowest BCUT2D eigenvalue weighted by molar-refractivity contribution is -0.120. The SMILES string of the molecule is Nc1ccn([C@@H]2O[C@H](COP(=O)(O)OP(=O)(O)OP(=O)(O)O)C(O)[C@]2(O)CF)c(=S)n1. The van der Waals surface area contributed by atoms with E-state index in [0.717, 1.165) is 4.57 Å². The van der Waals surface area contributed by atoms with E-state index in [-0.39, 0.29) is 10.6 Å². The molecule has 8 N–H and O–H groups in total. The van der Waals surface area contributed by atoms with E-state index in [1.807, 2.05) is 0 Å². The smallest absolute Gasteiger partial charge is 0.387 e. The molecule has 0 aromatic carbocycles. The van der Waals surface area contributed by atoms with Gasteiger partial charge in [0.2, 0.25) is 4.77 Å². The fourth-order valence-electron chi connectivity index (χ4n) is 2.48. The minimum Gasteiger partial charge on any atom is -0.387 e. The second-order valence-electron chi connectivity index (χ2n) is 6.03. The van der Waals surface area contributed by atoms with Crippen molar-refractivity contribution in [2.75, 3.05) is 19.0 Å². The first-order valence-corrected chi connectivity index (χ1v) is 12.7. The molecule has 1 aromatic rings. The molecule has 1 saturated heterocycles. The van der Waals surface area contributed by atoms with Crippen LogP contribution < -0.4 is 5.73 Å². The zero-order valence-electron chi connectivity index (χ0n) is 14.9. The Morgan fingerprint density at radius 3 is 2.39 bits per heavy atom. The van der Waals surface area contributed by atoms with E-state index in [9.17, 15) is 33.2 Å². The summed E-state index contributed by atoms with van der Waals surface area (Å²) in [5, 5.41) is 20.7. The number of nitrogens with zero attached hydrogens (tertiary/aromatic N) is 2. The summed E-state index contributed by atoms with van der Waals surface area (Å²) < 4.78 is 64.6. The number of halogens is 1. The Morgan fingerprint density at radius 2 is 1.87 bits per heavy atom. The number of hydrogen-bond donors (Lipinski definition) is 7. The van der Waals surface area contributed by atoms with Crippen molar-refractivity contribution in [1.82, 2.24) is 9.55 Å². The van der Waals surface area contributed by atoms with Crippen LogP contribution in [-0.4, -0.2) is 70.4 Å². The summed E-state index contributed by atoms with van der Waals surface area (Å²) in [4.78, 5) is 39.2. The van der Waals surface area contributed by atoms with Crippen LogP contribution in [-0.2, 0) is 31.6 Å². The van der Waals surface area contributed by atoms with E-state index in [4.69, 9.17) is 37.4 Å². The summed E-state index contributed by atoms with van der Waals surface area (Å²) in [5.41, 5.74) is 2.83. The number of nitrogen functional groups attached to an aromatic ring is 1. The van der Waals surface area contributed by atoms with Crippen LogP contribution in [0, 0.1) is 4.77 Å². The van der Waals surface area contributed by atoms with E-state index in [1.165, 1.54) is 12.3 Å². The van der Waals surface area contributed by atoms with Crippen molar-refractivity contribution < 1.29 is 65.8 Å². The second kappa shape index (κ2) is 9.29. The van der Waals surface area contributed by atoms with Gasteiger partial charge in [-0.25, -0.2) is 23.1 Å². The highest BCUT2D eigenvalue weighted by Crippen LogP contribution is 2.66. The predicted octanol–water partition coefficient (Wildman–Crippen LogP) is -0.503. The summed E-state index contributed by atoms with van der Waals surface area (Å²) in [5.74, 6) is -0.00667. The number of ether oxygens (including phenoxy) is 1. The number of aromatic nitrogens is 2. The second-order valence-corrected chi connectivity index (χ2v) is 10.8. The molecule has 178 valence electrons. The molecule has 1 aliphatic rings. The summed E-state index contributed by atoms with van der Waals surface area (Å²) in [6.45, 7) is -2.70. The van der Waals surface area contributed by atoms with Crippen molar-refractivity contribution >= 4 is 41.5 Å². The van der Waals surface area contributed by atoms with Gasteiger partial charge >= 0.3 is 23.5 Å². The highest BCUT2D eigenvalue weighted by atomic mass is 32.1. The Balaban J connectivity index is 2.17. The van der Waals surface area contributed by atoms with Crippen LogP contribution in [0.2, 0.25) is 0 Å². The van der Waals surface area contributed by atoms with Crippen LogP contribution in [0.1, 0.15) is 6.23 Å². The van der Waals surface area contributed by atoms with Gasteiger partial charge in [-0.15, -0.1) is 0 Å². The first-order valence-electron chi connectivity index (χ1n) is 7.74. The highest BCUT2D eigenvalue weighted by molar-refractivity contribution is 7.71. The van der Waals surface area contributed by atoms with Crippen LogP contribution >= 0.6 is 35.7 Å². The molecule has 21 heteroatoms. The number of anilines is 1. The molecule has 0 aliphatic carbocycles. The molecule has 2 rings (SSSR count). The van der Waals surface area contributed by atoms with Gasteiger partial charge in [-0.05, 0) is 18.3 Å². The average Bonchev–Trinajstić information content (AvgIpc) is 2.82. The molecular weight excluding hydrogens is 514 g/mol. The third-order valence-electron chi connectivity index (χ3n) is 3.73. The molecule has 16 nitrogen and oxygen atoms in total. The van der Waals surface area contributed by atoms with Crippen LogP contribution in [0.25, 0.3) is 0 Å². The fourth-order valence-corrected chi connectivity index (χ4v) is 5.77. The first-order chi connectivity index (χ1) is 14.0. The van der Waals surface area contributed by atoms with E-state index < -0.39 is 60.8 Å². The monoisotopic (exact) mass is 531 g/mol. The lowest BCUT2D eigenvalue weighted by Gasteiger charge is -2.29. The van der Waals surface area contributed by atoms with Crippen LogP contribution in [0.5, 0.6) is 0 Å². The van der Waals surface area contributed by atoms with Gasteiger partial charge in [0, 0.05) is 6.20 Å². The zero-order valence-corrected chi connectivity index (χ0v) is 18.4. The molecule has 0 bridgehead atoms. The molecule has 0 radical (unpaired) electrons. The number of phosphoric ester groups is 1. The maximum Gasteiger partial charge on any atom is 0.490 e. The lowest BCUT2D eigenvalue weighted by Crippen LogP contribution is -2.49. The Kier molecular flexibility index (Phi) is 7.96. The molecule has 6 atom stereocenters. The molecule has 3 unspecified atom stereocenters. The van der Waals surface area contributed by atoms with Gasteiger partial charge in [-0.2, -0.15) is 8.62 Å². The standard InChI is InChI=1S/C10H17FN3O13P3S/c11-4-10(16)7(15)5(25-8(10)14-2-1-6(12)13-9(14)31)3-24-29(20,21)27-30(22,23)26-28(17,18)19/h1-2,5,7-8,15-16H,3-4H2,(H,20,21)(H,22,23)(H2,12,13,31)(H2,17,18,19)/t5-,7?,8-,10-/m1/s1. The minimum absolute atomic E-state index is 0.00667. The van der Waals surface area contributed by atoms with Crippen LogP contribution in [0.15, 0.2) is 12.3 Å². The van der Waals surface area contributed by atoms with Crippen molar-refractivity contribution in [3.8, 4) is 0 Å². The Morgan fingerprint density at radius 1 is 1.26 bits per heavy atom. The number of hydrogen-bond acceptors (Lipinski definition) is 12. The minimum atomic E-state index is -5.77. The van der Waals surface area contributed by atoms with Crippen LogP contribution in [0.3, 0.4) is 0 Å². The Labute approximate surface area is 177 Å². The van der Waals surface area contributed by atoms with Crippen LogP contribution in [0.4, 0.5) is 10.2 Å². The van der Waals surface area contributed by atoms with Crippen molar-refractivity contribution in [2.24, 2.45) is 0 Å². The maximum atomic E-state index is 13.6. The van der Waals surface area contributed by atoms with E-state index in [1.54, 1.807) is 0 Å². The number of aliphatic hydroxyl groups is 2. The van der Waals surface area contributed by atoms with Crippen molar-refractivity contribution in [2.45, 2.75) is 24.0 Å². The van der Waals surface area contributed by atoms with Gasteiger partial charge in [0.05, 0.1) is 6.61 Å². The van der Waals surface area contributed by atoms with Crippen molar-refractivity contribution in [1.29, 1.82) is 0 Å². The average molecular weight is 531 g/mol. The fraction of sp³-hybridized carbons (Fsp3) is 0.600. The third kappa shape index (κ3) is 6.66. The summed E-state index contributed by atoms with van der Waals surface area (Å²) in [6.07, 6.45) is -4.31. The van der Waals surface area contributed by atoms with Gasteiger partial charge in [0.1, 0.15) is 24.7 Å². The van der Waals surface area contributed by atoms with Gasteiger partial charge in [0.15, 0.2) is 11.8 Å². The normalized spacial score (nSPS) is 30.6. The van der Waals surface area contributed by atoms with Gasteiger partial charge in [-0.3, -0.25) is 9.09 Å². The van der Waals surface area contributed by atoms with Gasteiger partial charge in [0.25, 0.3) is 0 Å². The highest BCUT2D eigenvalue weighted by Gasteiger charge is 2.57. The molecule has 1 aromatic heterocycles. The Hall–Kier alpha value is -0.680. The molecule has 1 fully saturated rings. The topological polar surface area (TPSA) is 253 Å². The molecule has 0 spiro atoms. The molecule has 1 aliphatic heterocycles. The van der Waals surface area contributed by atoms with E-state index >= 15 is 0 Å². The largest absolute Gasteiger partial charge is 0.490 e. The van der Waals surface area contributed by atoms with Crippen molar-refractivity contribution in [3.63, 3.8) is 0 Å². The van der Waals surface area contributed by atoms with Gasteiger partial charge < -0.3 is 40.3 Å². The van der Waals surface area contributed by atoms with E-state index in [0.29, 0.717) is 0 Å². The molecule has 0 saturated carbocycles. The number of nitrogens with two attached hydrogens (primary N) is 1. The third-order valence-corrected chi connectivity index (χ3v) is 7.84. The summed E-state index contributed by atoms with van der Waals surface area (Å²) >= 11 is 4.94. The summed E-state index contributed by atoms with van der Waals surface area (Å²) in [6, 6.07) is 1.23. The zero-order chi connectivity index (χ0) is 23.8.